The number of fused-ring (bicyclic) bond motifs is 1. The zero-order valence-corrected chi connectivity index (χ0v) is 11.9. The van der Waals surface area contributed by atoms with E-state index in [1.54, 1.807) is 6.20 Å². The van der Waals surface area contributed by atoms with Crippen LogP contribution in [0.2, 0.25) is 0 Å². The lowest BCUT2D eigenvalue weighted by Gasteiger charge is -2.09. The van der Waals surface area contributed by atoms with E-state index in [1.807, 2.05) is 48.5 Å². The van der Waals surface area contributed by atoms with Gasteiger partial charge in [0.15, 0.2) is 0 Å². The Labute approximate surface area is 128 Å². The lowest BCUT2D eigenvalue weighted by Crippen LogP contribution is -2.32. The lowest BCUT2D eigenvalue weighted by atomic mass is 9.98. The maximum absolute atomic E-state index is 10.8. The van der Waals surface area contributed by atoms with Gasteiger partial charge in [0.2, 0.25) is 0 Å². The van der Waals surface area contributed by atoms with Gasteiger partial charge in [0, 0.05) is 11.6 Å². The molecule has 2 aromatic carbocycles. The molecule has 1 heterocycles. The van der Waals surface area contributed by atoms with Crippen LogP contribution in [0.15, 0.2) is 60.8 Å². The van der Waals surface area contributed by atoms with Crippen LogP contribution in [0, 0.1) is 0 Å². The zero-order valence-electron chi connectivity index (χ0n) is 11.9. The highest BCUT2D eigenvalue weighted by molar-refractivity contribution is 5.94. The normalized spacial score (nSPS) is 12.2. The predicted molar refractivity (Wildman–Crippen MR) is 86.5 cm³/mol. The van der Waals surface area contributed by atoms with Crippen LogP contribution in [0.1, 0.15) is 5.56 Å². The van der Waals surface area contributed by atoms with E-state index >= 15 is 0 Å². The summed E-state index contributed by atoms with van der Waals surface area (Å²) < 4.78 is 0. The summed E-state index contributed by atoms with van der Waals surface area (Å²) in [5, 5.41) is 9.96. The number of aromatic nitrogens is 1. The molecule has 4 nitrogen and oxygen atoms in total. The molecule has 0 bridgehead atoms. The molecular formula is C18H16N2O2. The fourth-order valence-electron chi connectivity index (χ4n) is 2.52. The van der Waals surface area contributed by atoms with Gasteiger partial charge in [-0.15, -0.1) is 0 Å². The van der Waals surface area contributed by atoms with Crippen LogP contribution < -0.4 is 5.73 Å². The Kier molecular flexibility index (Phi) is 3.85. The largest absolute Gasteiger partial charge is 0.480 e. The zero-order chi connectivity index (χ0) is 15.5. The van der Waals surface area contributed by atoms with E-state index in [-0.39, 0.29) is 0 Å². The fourth-order valence-corrected chi connectivity index (χ4v) is 2.52. The fraction of sp³-hybridized carbons (Fsp3) is 0.111. The number of pyridine rings is 1. The summed E-state index contributed by atoms with van der Waals surface area (Å²) in [7, 11) is 0. The van der Waals surface area contributed by atoms with Gasteiger partial charge in [0.05, 0.1) is 5.52 Å². The molecule has 0 fully saturated rings. The van der Waals surface area contributed by atoms with Crippen molar-refractivity contribution in [1.82, 2.24) is 4.98 Å². The van der Waals surface area contributed by atoms with E-state index in [1.165, 1.54) is 0 Å². The van der Waals surface area contributed by atoms with Crippen LogP contribution >= 0.6 is 0 Å². The Morgan fingerprint density at radius 2 is 1.86 bits per heavy atom. The van der Waals surface area contributed by atoms with Gasteiger partial charge in [-0.1, -0.05) is 42.5 Å². The Balaban J connectivity index is 1.93. The van der Waals surface area contributed by atoms with Gasteiger partial charge >= 0.3 is 5.97 Å². The van der Waals surface area contributed by atoms with Gasteiger partial charge in [-0.2, -0.15) is 0 Å². The summed E-state index contributed by atoms with van der Waals surface area (Å²) in [5.41, 5.74) is 9.62. The van der Waals surface area contributed by atoms with Crippen molar-refractivity contribution in [2.45, 2.75) is 12.5 Å². The molecule has 0 saturated carbocycles. The Hall–Kier alpha value is -2.72. The molecule has 110 valence electrons. The first-order chi connectivity index (χ1) is 10.6. The number of nitrogens with zero attached hydrogens (tertiary/aromatic N) is 1. The molecule has 0 spiro atoms. The van der Waals surface area contributed by atoms with Gasteiger partial charge in [0.1, 0.15) is 6.04 Å². The monoisotopic (exact) mass is 292 g/mol. The highest BCUT2D eigenvalue weighted by Gasteiger charge is 2.12. The summed E-state index contributed by atoms with van der Waals surface area (Å²) >= 11 is 0. The first-order valence-corrected chi connectivity index (χ1v) is 7.06. The molecule has 22 heavy (non-hydrogen) atoms. The molecule has 3 rings (SSSR count). The van der Waals surface area contributed by atoms with Crippen molar-refractivity contribution in [3.05, 3.63) is 66.4 Å². The average molecular weight is 292 g/mol. The Morgan fingerprint density at radius 3 is 2.59 bits per heavy atom. The second kappa shape index (κ2) is 5.95. The molecule has 3 aromatic rings. The second-order valence-electron chi connectivity index (χ2n) is 5.22. The molecule has 0 aliphatic heterocycles. The van der Waals surface area contributed by atoms with Crippen molar-refractivity contribution in [3.63, 3.8) is 0 Å². The maximum atomic E-state index is 10.8. The van der Waals surface area contributed by atoms with Crippen LogP contribution in [0.5, 0.6) is 0 Å². The smallest absolute Gasteiger partial charge is 0.320 e. The van der Waals surface area contributed by atoms with Gasteiger partial charge in [-0.3, -0.25) is 9.78 Å². The van der Waals surface area contributed by atoms with E-state index in [0.717, 1.165) is 27.6 Å². The summed E-state index contributed by atoms with van der Waals surface area (Å²) in [6.45, 7) is 0. The first kappa shape index (κ1) is 14.2. The van der Waals surface area contributed by atoms with Crippen LogP contribution in [0.3, 0.4) is 0 Å². The lowest BCUT2D eigenvalue weighted by molar-refractivity contribution is -0.138. The molecule has 4 heteroatoms. The molecule has 0 saturated heterocycles. The number of carboxylic acids is 1. The number of benzene rings is 2. The van der Waals surface area contributed by atoms with Crippen molar-refractivity contribution in [1.29, 1.82) is 0 Å². The summed E-state index contributed by atoms with van der Waals surface area (Å²) in [4.78, 5) is 15.2. The molecule has 0 amide bonds. The SMILES string of the molecule is NC(Cc1ccc(-c2cccc3ncccc23)cc1)C(=O)O. The predicted octanol–water partition coefficient (Wildman–Crippen LogP) is 2.86. The van der Waals surface area contributed by atoms with E-state index < -0.39 is 12.0 Å². The molecular weight excluding hydrogens is 276 g/mol. The number of aliphatic carboxylic acids is 1. The van der Waals surface area contributed by atoms with E-state index in [2.05, 4.69) is 11.1 Å². The Morgan fingerprint density at radius 1 is 1.09 bits per heavy atom. The van der Waals surface area contributed by atoms with E-state index in [4.69, 9.17) is 10.8 Å². The standard InChI is InChI=1S/C18H16N2O2/c19-16(18(21)22)11-12-6-8-13(9-7-12)14-3-1-5-17-15(14)4-2-10-20-17/h1-10,16H,11,19H2,(H,21,22). The van der Waals surface area contributed by atoms with Gasteiger partial charge < -0.3 is 10.8 Å². The third kappa shape index (κ3) is 2.82. The minimum atomic E-state index is -0.982. The number of rotatable bonds is 4. The molecule has 0 radical (unpaired) electrons. The van der Waals surface area contributed by atoms with Gasteiger partial charge in [-0.25, -0.2) is 0 Å². The number of nitrogens with two attached hydrogens (primary N) is 1. The maximum Gasteiger partial charge on any atom is 0.320 e. The Bertz CT molecular complexity index is 807. The summed E-state index contributed by atoms with van der Waals surface area (Å²) in [6, 6.07) is 17.0. The topological polar surface area (TPSA) is 76.2 Å². The van der Waals surface area contributed by atoms with E-state index in [9.17, 15) is 4.79 Å². The number of carbonyl (C=O) groups is 1. The average Bonchev–Trinajstić information content (AvgIpc) is 2.55. The van der Waals surface area contributed by atoms with Crippen LogP contribution in [-0.2, 0) is 11.2 Å². The van der Waals surface area contributed by atoms with Crippen LogP contribution in [-0.4, -0.2) is 22.1 Å². The molecule has 1 atom stereocenters. The molecule has 0 aliphatic rings. The molecule has 0 aliphatic carbocycles. The third-order valence-electron chi connectivity index (χ3n) is 3.68. The number of hydrogen-bond donors (Lipinski definition) is 2. The van der Waals surface area contributed by atoms with Crippen molar-refractivity contribution in [2.24, 2.45) is 5.73 Å². The molecule has 1 unspecified atom stereocenters. The third-order valence-corrected chi connectivity index (χ3v) is 3.68. The van der Waals surface area contributed by atoms with Crippen molar-refractivity contribution in [3.8, 4) is 11.1 Å². The van der Waals surface area contributed by atoms with Crippen molar-refractivity contribution >= 4 is 16.9 Å². The van der Waals surface area contributed by atoms with Gasteiger partial charge in [-0.05, 0) is 35.2 Å². The number of carboxylic acid groups (broad SMARTS) is 1. The highest BCUT2D eigenvalue weighted by atomic mass is 16.4. The van der Waals surface area contributed by atoms with E-state index in [0.29, 0.717) is 6.42 Å². The second-order valence-corrected chi connectivity index (χ2v) is 5.22. The van der Waals surface area contributed by atoms with Crippen molar-refractivity contribution in [2.75, 3.05) is 0 Å². The number of hydrogen-bond acceptors (Lipinski definition) is 3. The summed E-state index contributed by atoms with van der Waals surface area (Å²) in [6.07, 6.45) is 2.11. The molecule has 1 aromatic heterocycles. The quantitative estimate of drug-likeness (QED) is 0.775. The minimum absolute atomic E-state index is 0.326. The van der Waals surface area contributed by atoms with Gasteiger partial charge in [0.25, 0.3) is 0 Å². The van der Waals surface area contributed by atoms with Crippen LogP contribution in [0.25, 0.3) is 22.0 Å². The first-order valence-electron chi connectivity index (χ1n) is 7.06. The summed E-state index contributed by atoms with van der Waals surface area (Å²) in [5.74, 6) is -0.982. The minimum Gasteiger partial charge on any atom is -0.480 e. The van der Waals surface area contributed by atoms with Crippen molar-refractivity contribution < 1.29 is 9.90 Å². The highest BCUT2D eigenvalue weighted by Crippen LogP contribution is 2.27. The van der Waals surface area contributed by atoms with Crippen LogP contribution in [0.4, 0.5) is 0 Å². The molecule has 3 N–H and O–H groups in total.